The molecule has 0 aliphatic heterocycles. The van der Waals surface area contributed by atoms with Crippen molar-refractivity contribution in [3.05, 3.63) is 71.8 Å². The molecule has 31 heavy (non-hydrogen) atoms. The van der Waals surface area contributed by atoms with E-state index in [1.165, 1.54) is 6.33 Å². The summed E-state index contributed by atoms with van der Waals surface area (Å²) in [7, 11) is 0. The molecule has 0 bridgehead atoms. The Bertz CT molecular complexity index is 1290. The summed E-state index contributed by atoms with van der Waals surface area (Å²) < 4.78 is 56.1. The van der Waals surface area contributed by atoms with E-state index in [2.05, 4.69) is 15.1 Å². The number of H-pyrrole nitrogens is 1. The first kappa shape index (κ1) is 19.5. The molecule has 1 saturated carbocycles. The highest BCUT2D eigenvalue weighted by Crippen LogP contribution is 2.52. The number of benzene rings is 2. The van der Waals surface area contributed by atoms with Gasteiger partial charge in [-0.15, -0.1) is 0 Å². The van der Waals surface area contributed by atoms with Gasteiger partial charge in [-0.2, -0.15) is 13.9 Å². The molecule has 1 fully saturated rings. The van der Waals surface area contributed by atoms with Crippen molar-refractivity contribution in [2.75, 3.05) is 0 Å². The molecule has 2 heterocycles. The van der Waals surface area contributed by atoms with Gasteiger partial charge in [0.1, 0.15) is 17.4 Å². The Morgan fingerprint density at radius 1 is 1.10 bits per heavy atom. The van der Waals surface area contributed by atoms with Crippen LogP contribution in [0.1, 0.15) is 36.4 Å². The fourth-order valence-corrected chi connectivity index (χ4v) is 4.41. The minimum absolute atomic E-state index is 0.0926. The van der Waals surface area contributed by atoms with Crippen molar-refractivity contribution in [1.29, 1.82) is 0 Å². The van der Waals surface area contributed by atoms with E-state index in [1.807, 2.05) is 0 Å². The lowest BCUT2D eigenvalue weighted by Gasteiger charge is -2.42. The number of hydrogen-bond acceptors (Lipinski definition) is 3. The van der Waals surface area contributed by atoms with Crippen molar-refractivity contribution in [1.82, 2.24) is 19.7 Å². The van der Waals surface area contributed by atoms with E-state index in [1.54, 1.807) is 25.1 Å². The number of rotatable bonds is 4. The van der Waals surface area contributed by atoms with E-state index in [-0.39, 0.29) is 22.5 Å². The molecule has 1 N–H and O–H groups in total. The third-order valence-corrected chi connectivity index (χ3v) is 6.00. The van der Waals surface area contributed by atoms with E-state index in [9.17, 15) is 13.6 Å². The van der Waals surface area contributed by atoms with Crippen molar-refractivity contribution < 1.29 is 22.4 Å². The molecule has 5 nitrogen and oxygen atoms in total. The van der Waals surface area contributed by atoms with Gasteiger partial charge >= 0.3 is 6.55 Å². The molecule has 3 atom stereocenters. The van der Waals surface area contributed by atoms with Crippen LogP contribution in [0.5, 0.6) is 0 Å². The van der Waals surface area contributed by atoms with Crippen molar-refractivity contribution in [2.24, 2.45) is 5.92 Å². The van der Waals surface area contributed by atoms with Crippen molar-refractivity contribution in [2.45, 2.75) is 25.3 Å². The molecule has 5 rings (SSSR count). The Balaban J connectivity index is 1.54. The smallest absolute Gasteiger partial charge is 0.333 e. The first-order valence-corrected chi connectivity index (χ1v) is 9.63. The number of carbonyl (C=O) groups is 1. The van der Waals surface area contributed by atoms with Crippen LogP contribution in [0.15, 0.2) is 49.1 Å². The van der Waals surface area contributed by atoms with Crippen LogP contribution in [-0.4, -0.2) is 25.5 Å². The standard InChI is InChI=1S/C22H16F4N4O/c1-10-18(19(21(10)31)11-2-3-16-17(6-11)28-9-27-16)20-14(23)4-12(5-15(20)24)13-7-29-30(8-13)22(25)26/h2-10,18-19,22H,1H3,(H,27,28)/t10-,18+,19?/m1/s1. The zero-order valence-corrected chi connectivity index (χ0v) is 16.2. The molecule has 9 heteroatoms. The average molecular weight is 428 g/mol. The summed E-state index contributed by atoms with van der Waals surface area (Å²) in [5.74, 6) is -3.65. The number of carbonyl (C=O) groups excluding carboxylic acids is 1. The summed E-state index contributed by atoms with van der Waals surface area (Å²) in [6.07, 6.45) is 3.68. The second-order valence-electron chi connectivity index (χ2n) is 7.71. The van der Waals surface area contributed by atoms with E-state index in [0.717, 1.165) is 35.6 Å². The number of nitrogens with one attached hydrogen (secondary N) is 1. The summed E-state index contributed by atoms with van der Waals surface area (Å²) in [5.41, 5.74) is 2.21. The topological polar surface area (TPSA) is 63.6 Å². The number of imidazole rings is 1. The van der Waals surface area contributed by atoms with Crippen LogP contribution in [-0.2, 0) is 4.79 Å². The maximum absolute atomic E-state index is 15.1. The summed E-state index contributed by atoms with van der Waals surface area (Å²) >= 11 is 0. The minimum Gasteiger partial charge on any atom is -0.345 e. The number of alkyl halides is 2. The zero-order valence-electron chi connectivity index (χ0n) is 16.2. The average Bonchev–Trinajstić information content (AvgIpc) is 3.41. The van der Waals surface area contributed by atoms with E-state index in [4.69, 9.17) is 0 Å². The molecule has 0 saturated heterocycles. The second kappa shape index (κ2) is 7.04. The third kappa shape index (κ3) is 3.03. The van der Waals surface area contributed by atoms with Gasteiger partial charge in [-0.25, -0.2) is 18.4 Å². The summed E-state index contributed by atoms with van der Waals surface area (Å²) in [5, 5.41) is 3.50. The Kier molecular flexibility index (Phi) is 4.42. The van der Waals surface area contributed by atoms with Crippen LogP contribution < -0.4 is 0 Å². The highest BCUT2D eigenvalue weighted by molar-refractivity contribution is 5.97. The van der Waals surface area contributed by atoms with Crippen LogP contribution >= 0.6 is 0 Å². The van der Waals surface area contributed by atoms with Crippen molar-refractivity contribution >= 4 is 16.8 Å². The predicted molar refractivity (Wildman–Crippen MR) is 105 cm³/mol. The molecule has 1 aliphatic carbocycles. The number of aromatic nitrogens is 4. The number of hydrogen-bond donors (Lipinski definition) is 1. The lowest BCUT2D eigenvalue weighted by atomic mass is 9.59. The van der Waals surface area contributed by atoms with Crippen molar-refractivity contribution in [3.63, 3.8) is 0 Å². The lowest BCUT2D eigenvalue weighted by Crippen LogP contribution is -2.43. The summed E-state index contributed by atoms with van der Waals surface area (Å²) in [6, 6.07) is 7.46. The molecule has 0 amide bonds. The Hall–Kier alpha value is -3.49. The maximum Gasteiger partial charge on any atom is 0.333 e. The van der Waals surface area contributed by atoms with Gasteiger partial charge in [0.2, 0.25) is 0 Å². The molecule has 158 valence electrons. The van der Waals surface area contributed by atoms with Crippen LogP contribution in [0.4, 0.5) is 17.6 Å². The Labute approximate surface area is 173 Å². The molecular weight excluding hydrogens is 412 g/mol. The fraction of sp³-hybridized carbons (Fsp3) is 0.227. The molecule has 0 spiro atoms. The minimum atomic E-state index is -2.85. The van der Waals surface area contributed by atoms with E-state index in [0.29, 0.717) is 10.2 Å². The molecule has 4 aromatic rings. The number of Topliss-reactive ketones (excluding diaryl/α,β-unsaturated/α-hetero) is 1. The number of aromatic amines is 1. The van der Waals surface area contributed by atoms with Gasteiger partial charge in [0, 0.05) is 29.2 Å². The monoisotopic (exact) mass is 428 g/mol. The van der Waals surface area contributed by atoms with Gasteiger partial charge in [-0.05, 0) is 35.4 Å². The zero-order chi connectivity index (χ0) is 21.9. The Morgan fingerprint density at radius 3 is 2.52 bits per heavy atom. The first-order valence-electron chi connectivity index (χ1n) is 9.63. The largest absolute Gasteiger partial charge is 0.345 e. The van der Waals surface area contributed by atoms with Gasteiger partial charge in [0.05, 0.1) is 29.5 Å². The molecule has 2 aromatic carbocycles. The maximum atomic E-state index is 15.1. The number of nitrogens with zero attached hydrogens (tertiary/aromatic N) is 3. The Morgan fingerprint density at radius 2 is 1.84 bits per heavy atom. The molecule has 0 radical (unpaired) electrons. The van der Waals surface area contributed by atoms with Crippen LogP contribution in [0.2, 0.25) is 0 Å². The number of ketones is 1. The first-order chi connectivity index (χ1) is 14.8. The number of fused-ring (bicyclic) bond motifs is 1. The summed E-state index contributed by atoms with van der Waals surface area (Å²) in [4.78, 5) is 19.8. The van der Waals surface area contributed by atoms with Crippen molar-refractivity contribution in [3.8, 4) is 11.1 Å². The van der Waals surface area contributed by atoms with Crippen LogP contribution in [0.3, 0.4) is 0 Å². The molecule has 1 unspecified atom stereocenters. The molecule has 1 aliphatic rings. The summed E-state index contributed by atoms with van der Waals surface area (Å²) in [6.45, 7) is -1.20. The lowest BCUT2D eigenvalue weighted by molar-refractivity contribution is -0.133. The third-order valence-electron chi connectivity index (χ3n) is 6.00. The van der Waals surface area contributed by atoms with Gasteiger partial charge in [-0.1, -0.05) is 13.0 Å². The SMILES string of the molecule is C[C@H]1C(=O)C(c2ccc3nc[nH]c3c2)[C@H]1c1c(F)cc(-c2cnn(C(F)F)c2)cc1F. The van der Waals surface area contributed by atoms with Crippen LogP contribution in [0, 0.1) is 17.6 Å². The second-order valence-corrected chi connectivity index (χ2v) is 7.71. The van der Waals surface area contributed by atoms with Gasteiger partial charge in [0.15, 0.2) is 0 Å². The van der Waals surface area contributed by atoms with Gasteiger partial charge in [-0.3, -0.25) is 4.79 Å². The molecular formula is C22H16F4N4O. The fourth-order valence-electron chi connectivity index (χ4n) is 4.41. The predicted octanol–water partition coefficient (Wildman–Crippen LogP) is 5.19. The van der Waals surface area contributed by atoms with E-state index < -0.39 is 35.9 Å². The quantitative estimate of drug-likeness (QED) is 0.455. The normalized spacial score (nSPS) is 21.1. The number of halogens is 4. The highest BCUT2D eigenvalue weighted by Gasteiger charge is 2.50. The molecule has 2 aromatic heterocycles. The van der Waals surface area contributed by atoms with E-state index >= 15 is 8.78 Å². The highest BCUT2D eigenvalue weighted by atomic mass is 19.3. The van der Waals surface area contributed by atoms with Crippen LogP contribution in [0.25, 0.3) is 22.2 Å². The van der Waals surface area contributed by atoms with Gasteiger partial charge < -0.3 is 4.98 Å². The van der Waals surface area contributed by atoms with Gasteiger partial charge in [0.25, 0.3) is 0 Å².